The number of rotatable bonds is 15. The molecule has 2 aromatic carbocycles. The molecule has 0 saturated carbocycles. The smallest absolute Gasteiger partial charge is 0.252 e. The summed E-state index contributed by atoms with van der Waals surface area (Å²) in [6.45, 7) is 0.621. The molecule has 0 atom stereocenters. The number of carbonyl (C=O) groups excluding carboxylic acids is 1. The van der Waals surface area contributed by atoms with Crippen LogP contribution in [0.1, 0.15) is 73.7 Å². The number of carbonyl (C=O) groups is 1. The normalized spacial score (nSPS) is 10.7. The van der Waals surface area contributed by atoms with E-state index >= 15 is 0 Å². The summed E-state index contributed by atoms with van der Waals surface area (Å²) in [5.74, 6) is 1.20. The molecule has 0 heterocycles. The summed E-state index contributed by atoms with van der Waals surface area (Å²) in [5, 5.41) is -0.488. The number of hydrogen-bond acceptors (Lipinski definition) is 3. The maximum Gasteiger partial charge on any atom is 0.252 e. The molecule has 4 heteroatoms. The molecule has 0 fully saturated rings. The van der Waals surface area contributed by atoms with Crippen molar-refractivity contribution in [1.29, 1.82) is 0 Å². The fourth-order valence-corrected chi connectivity index (χ4v) is 3.52. The molecule has 0 radical (unpaired) electrons. The minimum absolute atomic E-state index is 0.422. The first kappa shape index (κ1) is 23.3. The molecule has 0 aliphatic rings. The van der Waals surface area contributed by atoms with Gasteiger partial charge in [-0.1, -0.05) is 75.3 Å². The minimum Gasteiger partial charge on any atom is -0.493 e. The van der Waals surface area contributed by atoms with E-state index in [0.29, 0.717) is 23.7 Å². The van der Waals surface area contributed by atoms with E-state index in [9.17, 15) is 4.79 Å². The third kappa shape index (κ3) is 9.36. The lowest BCUT2D eigenvalue weighted by Crippen LogP contribution is -2.01. The van der Waals surface area contributed by atoms with Crippen LogP contribution in [-0.2, 0) is 6.42 Å². The quantitative estimate of drug-likeness (QED) is 0.227. The Bertz CT molecular complexity index is 715. The summed E-state index contributed by atoms with van der Waals surface area (Å²) in [6, 6.07) is 15.7. The molecule has 0 aliphatic heterocycles. The van der Waals surface area contributed by atoms with Crippen LogP contribution in [0.4, 0.5) is 0 Å². The van der Waals surface area contributed by atoms with Crippen LogP contribution in [0.2, 0.25) is 0 Å². The van der Waals surface area contributed by atoms with Gasteiger partial charge in [0, 0.05) is 5.56 Å². The number of halogens is 1. The first-order valence-electron chi connectivity index (χ1n) is 10.8. The van der Waals surface area contributed by atoms with Gasteiger partial charge in [0.15, 0.2) is 11.5 Å². The van der Waals surface area contributed by atoms with Crippen molar-refractivity contribution in [3.05, 3.63) is 59.7 Å². The first-order chi connectivity index (χ1) is 14.2. The average molecular weight is 417 g/mol. The average Bonchev–Trinajstić information content (AvgIpc) is 2.75. The van der Waals surface area contributed by atoms with Gasteiger partial charge in [-0.05, 0) is 54.6 Å². The summed E-state index contributed by atoms with van der Waals surface area (Å²) in [5.41, 5.74) is 1.87. The zero-order chi connectivity index (χ0) is 20.7. The molecule has 0 N–H and O–H groups in total. The van der Waals surface area contributed by atoms with Crippen molar-refractivity contribution in [3.8, 4) is 11.5 Å². The third-order valence-corrected chi connectivity index (χ3v) is 5.32. The predicted octanol–water partition coefficient (Wildman–Crippen LogP) is 7.21. The van der Waals surface area contributed by atoms with Gasteiger partial charge in [0.2, 0.25) is 0 Å². The molecule has 3 nitrogen and oxygen atoms in total. The lowest BCUT2D eigenvalue weighted by Gasteiger charge is -2.11. The van der Waals surface area contributed by atoms with Crippen LogP contribution in [0.3, 0.4) is 0 Å². The minimum atomic E-state index is -0.488. The SMILES string of the molecule is COc1ccc(C(=O)Cl)cc1OCCCCCCCCCCCc1ccccc1. The molecule has 0 aliphatic carbocycles. The van der Waals surface area contributed by atoms with Gasteiger partial charge in [-0.15, -0.1) is 0 Å². The van der Waals surface area contributed by atoms with E-state index in [1.54, 1.807) is 25.3 Å². The summed E-state index contributed by atoms with van der Waals surface area (Å²) in [6.07, 6.45) is 12.5. The van der Waals surface area contributed by atoms with Gasteiger partial charge in [0.1, 0.15) is 0 Å². The Balaban J connectivity index is 1.46. The maximum absolute atomic E-state index is 11.3. The zero-order valence-corrected chi connectivity index (χ0v) is 18.3. The molecule has 0 unspecified atom stereocenters. The molecule has 2 rings (SSSR count). The maximum atomic E-state index is 11.3. The third-order valence-electron chi connectivity index (χ3n) is 5.10. The molecule has 0 amide bonds. The molecule has 0 aromatic heterocycles. The summed E-state index contributed by atoms with van der Waals surface area (Å²) < 4.78 is 11.1. The Morgan fingerprint density at radius 3 is 2.03 bits per heavy atom. The highest BCUT2D eigenvalue weighted by atomic mass is 35.5. The van der Waals surface area contributed by atoms with Gasteiger partial charge in [0.25, 0.3) is 5.24 Å². The van der Waals surface area contributed by atoms with E-state index in [1.165, 1.54) is 56.9 Å². The Labute approximate surface area is 180 Å². The summed E-state index contributed by atoms with van der Waals surface area (Å²) in [7, 11) is 1.59. The molecule has 0 saturated heterocycles. The number of benzene rings is 2. The van der Waals surface area contributed by atoms with E-state index < -0.39 is 5.24 Å². The van der Waals surface area contributed by atoms with Crippen molar-refractivity contribution in [2.24, 2.45) is 0 Å². The highest BCUT2D eigenvalue weighted by molar-refractivity contribution is 6.67. The molecule has 0 spiro atoms. The number of aryl methyl sites for hydroxylation is 1. The second-order valence-corrected chi connectivity index (χ2v) is 7.75. The molecule has 158 valence electrons. The van der Waals surface area contributed by atoms with Crippen LogP contribution in [0, 0.1) is 0 Å². The number of methoxy groups -OCH3 is 1. The van der Waals surface area contributed by atoms with E-state index in [2.05, 4.69) is 30.3 Å². The number of ether oxygens (including phenoxy) is 2. The monoisotopic (exact) mass is 416 g/mol. The highest BCUT2D eigenvalue weighted by Crippen LogP contribution is 2.29. The zero-order valence-electron chi connectivity index (χ0n) is 17.5. The van der Waals surface area contributed by atoms with Crippen LogP contribution >= 0.6 is 11.6 Å². The fraction of sp³-hybridized carbons (Fsp3) is 0.480. The lowest BCUT2D eigenvalue weighted by molar-refractivity contribution is 0.108. The van der Waals surface area contributed by atoms with E-state index in [4.69, 9.17) is 21.1 Å². The van der Waals surface area contributed by atoms with Crippen molar-refractivity contribution < 1.29 is 14.3 Å². The first-order valence-corrected chi connectivity index (χ1v) is 11.1. The van der Waals surface area contributed by atoms with Crippen molar-refractivity contribution in [2.45, 2.75) is 64.2 Å². The van der Waals surface area contributed by atoms with Crippen molar-refractivity contribution in [2.75, 3.05) is 13.7 Å². The van der Waals surface area contributed by atoms with Crippen LogP contribution in [-0.4, -0.2) is 19.0 Å². The van der Waals surface area contributed by atoms with Crippen molar-refractivity contribution in [1.82, 2.24) is 0 Å². The Morgan fingerprint density at radius 1 is 0.793 bits per heavy atom. The van der Waals surface area contributed by atoms with Crippen LogP contribution in [0.25, 0.3) is 0 Å². The van der Waals surface area contributed by atoms with E-state index in [0.717, 1.165) is 12.8 Å². The predicted molar refractivity (Wildman–Crippen MR) is 120 cm³/mol. The van der Waals surface area contributed by atoms with Gasteiger partial charge >= 0.3 is 0 Å². The van der Waals surface area contributed by atoms with Gasteiger partial charge in [-0.2, -0.15) is 0 Å². The molecular weight excluding hydrogens is 384 g/mol. The van der Waals surface area contributed by atoms with E-state index in [-0.39, 0.29) is 0 Å². The second-order valence-electron chi connectivity index (χ2n) is 7.41. The standard InChI is InChI=1S/C25H33ClO3/c1-28-23-18-17-22(25(26)27)20-24(23)29-19-13-8-6-4-2-3-5-7-10-14-21-15-11-9-12-16-21/h9,11-12,15-18,20H,2-8,10,13-14,19H2,1H3. The fourth-order valence-electron chi connectivity index (χ4n) is 3.41. The molecule has 29 heavy (non-hydrogen) atoms. The van der Waals surface area contributed by atoms with Gasteiger partial charge in [0.05, 0.1) is 13.7 Å². The van der Waals surface area contributed by atoms with Gasteiger partial charge in [-0.3, -0.25) is 4.79 Å². The van der Waals surface area contributed by atoms with Crippen LogP contribution in [0.15, 0.2) is 48.5 Å². The van der Waals surface area contributed by atoms with E-state index in [1.807, 2.05) is 0 Å². The summed E-state index contributed by atoms with van der Waals surface area (Å²) >= 11 is 5.54. The Hall–Kier alpha value is -2.00. The topological polar surface area (TPSA) is 35.5 Å². The Kier molecular flexibility index (Phi) is 11.3. The number of hydrogen-bond donors (Lipinski definition) is 0. The molecule has 0 bridgehead atoms. The van der Waals surface area contributed by atoms with Gasteiger partial charge < -0.3 is 9.47 Å². The number of unbranched alkanes of at least 4 members (excludes halogenated alkanes) is 8. The van der Waals surface area contributed by atoms with Crippen LogP contribution in [0.5, 0.6) is 11.5 Å². The second kappa shape index (κ2) is 14.1. The summed E-state index contributed by atoms with van der Waals surface area (Å²) in [4.78, 5) is 11.3. The van der Waals surface area contributed by atoms with Crippen molar-refractivity contribution >= 4 is 16.8 Å². The van der Waals surface area contributed by atoms with Crippen molar-refractivity contribution in [3.63, 3.8) is 0 Å². The highest BCUT2D eigenvalue weighted by Gasteiger charge is 2.09. The largest absolute Gasteiger partial charge is 0.493 e. The molecular formula is C25H33ClO3. The van der Waals surface area contributed by atoms with Gasteiger partial charge in [-0.25, -0.2) is 0 Å². The van der Waals surface area contributed by atoms with Crippen LogP contribution < -0.4 is 9.47 Å². The Morgan fingerprint density at radius 2 is 1.41 bits per heavy atom. The lowest BCUT2D eigenvalue weighted by atomic mass is 10.0. The molecule has 2 aromatic rings.